The lowest BCUT2D eigenvalue weighted by molar-refractivity contribution is -0.137. The van der Waals surface area contributed by atoms with Gasteiger partial charge in [0.15, 0.2) is 0 Å². The van der Waals surface area contributed by atoms with E-state index >= 15 is 0 Å². The molecule has 0 spiro atoms. The van der Waals surface area contributed by atoms with Crippen LogP contribution in [0.4, 0.5) is 0 Å². The van der Waals surface area contributed by atoms with E-state index in [2.05, 4.69) is 4.72 Å². The van der Waals surface area contributed by atoms with Crippen LogP contribution in [0.15, 0.2) is 29.2 Å². The number of sulfonamides is 1. The molecule has 0 bridgehead atoms. The molecule has 1 aliphatic carbocycles. The minimum Gasteiger partial charge on any atom is -0.494 e. The first-order valence-electron chi connectivity index (χ1n) is 10.0. The van der Waals surface area contributed by atoms with E-state index in [1.807, 2.05) is 11.8 Å². The maximum atomic E-state index is 12.6. The molecular weight excluding hydrogens is 364 g/mol. The molecule has 0 aromatic heterocycles. The smallest absolute Gasteiger partial charge is 0.240 e. The summed E-state index contributed by atoms with van der Waals surface area (Å²) in [5.41, 5.74) is 0. The molecule has 150 valence electrons. The fraction of sp³-hybridized carbons (Fsp3) is 0.650. The van der Waals surface area contributed by atoms with Gasteiger partial charge >= 0.3 is 0 Å². The Hall–Kier alpha value is -1.60. The fourth-order valence-electron chi connectivity index (χ4n) is 3.99. The maximum Gasteiger partial charge on any atom is 0.240 e. The van der Waals surface area contributed by atoms with Crippen molar-refractivity contribution >= 4 is 15.9 Å². The van der Waals surface area contributed by atoms with Crippen molar-refractivity contribution in [3.05, 3.63) is 24.3 Å². The summed E-state index contributed by atoms with van der Waals surface area (Å²) in [5, 5.41) is 0. The van der Waals surface area contributed by atoms with Crippen molar-refractivity contribution in [2.45, 2.75) is 62.8 Å². The minimum atomic E-state index is -3.56. The van der Waals surface area contributed by atoms with Gasteiger partial charge in [-0.05, 0) is 56.9 Å². The molecule has 1 amide bonds. The Balaban J connectivity index is 1.52. The highest BCUT2D eigenvalue weighted by Crippen LogP contribution is 2.27. The van der Waals surface area contributed by atoms with Gasteiger partial charge in [0.05, 0.1) is 11.5 Å². The van der Waals surface area contributed by atoms with E-state index in [4.69, 9.17) is 4.74 Å². The van der Waals surface area contributed by atoms with Crippen molar-refractivity contribution < 1.29 is 17.9 Å². The predicted molar refractivity (Wildman–Crippen MR) is 104 cm³/mol. The maximum absolute atomic E-state index is 12.6. The van der Waals surface area contributed by atoms with Gasteiger partial charge in [-0.25, -0.2) is 13.1 Å². The third kappa shape index (κ3) is 5.23. The molecule has 1 N–H and O–H groups in total. The Morgan fingerprint density at radius 3 is 2.30 bits per heavy atom. The summed E-state index contributed by atoms with van der Waals surface area (Å²) >= 11 is 0. The Morgan fingerprint density at radius 2 is 1.70 bits per heavy atom. The van der Waals surface area contributed by atoms with Crippen LogP contribution in [0.3, 0.4) is 0 Å². The SMILES string of the molecule is CCOc1ccc(S(=O)(=O)NC2CCN(C(=O)C3CCCCC3)CC2)cc1. The Labute approximate surface area is 162 Å². The van der Waals surface area contributed by atoms with Crippen molar-refractivity contribution in [2.24, 2.45) is 5.92 Å². The van der Waals surface area contributed by atoms with Crippen LogP contribution in [0.2, 0.25) is 0 Å². The summed E-state index contributed by atoms with van der Waals surface area (Å²) in [6.07, 6.45) is 6.86. The minimum absolute atomic E-state index is 0.128. The lowest BCUT2D eigenvalue weighted by Gasteiger charge is -2.35. The summed E-state index contributed by atoms with van der Waals surface area (Å²) in [4.78, 5) is 14.8. The van der Waals surface area contributed by atoms with Crippen LogP contribution in [-0.4, -0.2) is 45.0 Å². The number of amides is 1. The molecule has 1 saturated carbocycles. The second-order valence-electron chi connectivity index (χ2n) is 7.46. The van der Waals surface area contributed by atoms with E-state index in [0.717, 1.165) is 25.7 Å². The van der Waals surface area contributed by atoms with E-state index in [1.165, 1.54) is 6.42 Å². The van der Waals surface area contributed by atoms with Crippen LogP contribution in [0.1, 0.15) is 51.9 Å². The summed E-state index contributed by atoms with van der Waals surface area (Å²) < 4.78 is 33.4. The second-order valence-corrected chi connectivity index (χ2v) is 9.17. The number of benzene rings is 1. The van der Waals surface area contributed by atoms with Crippen LogP contribution in [0.5, 0.6) is 5.75 Å². The van der Waals surface area contributed by atoms with E-state index < -0.39 is 10.0 Å². The topological polar surface area (TPSA) is 75.7 Å². The first-order valence-corrected chi connectivity index (χ1v) is 11.5. The Morgan fingerprint density at radius 1 is 1.07 bits per heavy atom. The van der Waals surface area contributed by atoms with Crippen molar-refractivity contribution in [3.63, 3.8) is 0 Å². The number of rotatable bonds is 6. The molecule has 1 saturated heterocycles. The zero-order valence-corrected chi connectivity index (χ0v) is 16.8. The number of piperidine rings is 1. The normalized spacial score (nSPS) is 19.8. The molecule has 1 aliphatic heterocycles. The predicted octanol–water partition coefficient (Wildman–Crippen LogP) is 2.93. The highest BCUT2D eigenvalue weighted by Gasteiger charge is 2.30. The number of likely N-dealkylation sites (tertiary alicyclic amines) is 1. The van der Waals surface area contributed by atoms with Gasteiger partial charge in [0.2, 0.25) is 15.9 Å². The van der Waals surface area contributed by atoms with Crippen molar-refractivity contribution in [1.29, 1.82) is 0 Å². The number of carbonyl (C=O) groups is 1. The molecule has 2 aliphatic rings. The second kappa shape index (κ2) is 9.06. The molecule has 1 aromatic carbocycles. The standard InChI is InChI=1S/C20H30N2O4S/c1-2-26-18-8-10-19(11-9-18)27(24,25)21-17-12-14-22(15-13-17)20(23)16-6-4-3-5-7-16/h8-11,16-17,21H,2-7,12-15H2,1H3. The van der Waals surface area contributed by atoms with Gasteiger partial charge in [-0.15, -0.1) is 0 Å². The van der Waals surface area contributed by atoms with Gasteiger partial charge in [-0.2, -0.15) is 0 Å². The fourth-order valence-corrected chi connectivity index (χ4v) is 5.30. The first-order chi connectivity index (χ1) is 13.0. The van der Waals surface area contributed by atoms with Crippen LogP contribution in [-0.2, 0) is 14.8 Å². The van der Waals surface area contributed by atoms with Crippen LogP contribution in [0, 0.1) is 5.92 Å². The average Bonchev–Trinajstić information content (AvgIpc) is 2.69. The molecular formula is C20H30N2O4S. The van der Waals surface area contributed by atoms with Gasteiger partial charge in [0, 0.05) is 25.0 Å². The molecule has 1 aromatic rings. The number of carbonyl (C=O) groups excluding carboxylic acids is 1. The number of hydrogen-bond acceptors (Lipinski definition) is 4. The summed E-state index contributed by atoms with van der Waals surface area (Å²) in [5.74, 6) is 1.10. The van der Waals surface area contributed by atoms with E-state index in [9.17, 15) is 13.2 Å². The molecule has 0 radical (unpaired) electrons. The summed E-state index contributed by atoms with van der Waals surface area (Å²) in [7, 11) is -3.56. The zero-order chi connectivity index (χ0) is 19.3. The van der Waals surface area contributed by atoms with Gasteiger partial charge < -0.3 is 9.64 Å². The van der Waals surface area contributed by atoms with Crippen LogP contribution >= 0.6 is 0 Å². The van der Waals surface area contributed by atoms with E-state index in [1.54, 1.807) is 24.3 Å². The van der Waals surface area contributed by atoms with Gasteiger partial charge in [0.25, 0.3) is 0 Å². The molecule has 7 heteroatoms. The quantitative estimate of drug-likeness (QED) is 0.805. The van der Waals surface area contributed by atoms with E-state index in [0.29, 0.717) is 38.3 Å². The number of hydrogen-bond donors (Lipinski definition) is 1. The average molecular weight is 395 g/mol. The highest BCUT2D eigenvalue weighted by molar-refractivity contribution is 7.89. The number of nitrogens with zero attached hydrogens (tertiary/aromatic N) is 1. The van der Waals surface area contributed by atoms with Crippen molar-refractivity contribution in [2.75, 3.05) is 19.7 Å². The Bertz CT molecular complexity index is 719. The molecule has 0 atom stereocenters. The first kappa shape index (κ1) is 20.1. The highest BCUT2D eigenvalue weighted by atomic mass is 32.2. The lowest BCUT2D eigenvalue weighted by Crippen LogP contribution is -2.48. The lowest BCUT2D eigenvalue weighted by atomic mass is 9.87. The zero-order valence-electron chi connectivity index (χ0n) is 16.0. The monoisotopic (exact) mass is 394 g/mol. The number of ether oxygens (including phenoxy) is 1. The van der Waals surface area contributed by atoms with Gasteiger partial charge in [0.1, 0.15) is 5.75 Å². The largest absolute Gasteiger partial charge is 0.494 e. The molecule has 0 unspecified atom stereocenters. The summed E-state index contributed by atoms with van der Waals surface area (Å²) in [6.45, 7) is 3.69. The third-order valence-electron chi connectivity index (χ3n) is 5.53. The van der Waals surface area contributed by atoms with Crippen molar-refractivity contribution in [3.8, 4) is 5.75 Å². The van der Waals surface area contributed by atoms with Crippen LogP contribution in [0.25, 0.3) is 0 Å². The molecule has 3 rings (SSSR count). The van der Waals surface area contributed by atoms with Gasteiger partial charge in [-0.1, -0.05) is 19.3 Å². The molecule has 2 fully saturated rings. The van der Waals surface area contributed by atoms with Crippen molar-refractivity contribution in [1.82, 2.24) is 9.62 Å². The van der Waals surface area contributed by atoms with E-state index in [-0.39, 0.29) is 22.8 Å². The van der Waals surface area contributed by atoms with Crippen LogP contribution < -0.4 is 9.46 Å². The molecule has 6 nitrogen and oxygen atoms in total. The number of nitrogens with one attached hydrogen (secondary N) is 1. The Kier molecular flexibility index (Phi) is 6.76. The molecule has 1 heterocycles. The summed E-state index contributed by atoms with van der Waals surface area (Å²) in [6, 6.07) is 6.34. The van der Waals surface area contributed by atoms with Gasteiger partial charge in [-0.3, -0.25) is 4.79 Å². The third-order valence-corrected chi connectivity index (χ3v) is 7.06. The molecule has 27 heavy (non-hydrogen) atoms.